The van der Waals surface area contributed by atoms with Crippen LogP contribution in [0.3, 0.4) is 0 Å². The normalized spacial score (nSPS) is 13.6. The Morgan fingerprint density at radius 2 is 1.56 bits per heavy atom. The van der Waals surface area contributed by atoms with Crippen molar-refractivity contribution in [2.24, 2.45) is 5.92 Å². The van der Waals surface area contributed by atoms with Gasteiger partial charge >= 0.3 is 6.09 Å². The Morgan fingerprint density at radius 3 is 2.03 bits per heavy atom. The molecule has 36 heavy (non-hydrogen) atoms. The summed E-state index contributed by atoms with van der Waals surface area (Å²) < 4.78 is 5.45. The average Bonchev–Trinajstić information content (AvgIpc) is 2.72. The first-order chi connectivity index (χ1) is 16.6. The Kier molecular flexibility index (Phi) is 11.9. The van der Waals surface area contributed by atoms with Crippen LogP contribution in [0.1, 0.15) is 105 Å². The van der Waals surface area contributed by atoms with Crippen molar-refractivity contribution in [3.63, 3.8) is 0 Å². The number of benzene rings is 1. The standard InChI is InChI=1S/C29H49N3O4/c1-11-12-13-18-30-25(33)24(22-16-14-21(4)15-17-22)32(28(5,6)7)26(34)23(19-20(2)3)31-27(35)36-29(8,9)10/h14-17,20,23-24H,11-13,18-19H2,1-10H3,(H,30,33)(H,31,35). The summed E-state index contributed by atoms with van der Waals surface area (Å²) in [6, 6.07) is 6.02. The number of carbonyl (C=O) groups is 3. The molecule has 0 radical (unpaired) electrons. The molecule has 0 bridgehead atoms. The molecule has 0 aliphatic rings. The number of hydrogen-bond acceptors (Lipinski definition) is 4. The van der Waals surface area contributed by atoms with Gasteiger partial charge < -0.3 is 20.3 Å². The molecule has 7 nitrogen and oxygen atoms in total. The maximum absolute atomic E-state index is 14.2. The SMILES string of the molecule is CCCCCNC(=O)C(c1ccc(C)cc1)N(C(=O)C(CC(C)C)NC(=O)OC(C)(C)C)C(C)(C)C. The molecule has 2 atom stereocenters. The van der Waals surface area contributed by atoms with Gasteiger partial charge in [0.25, 0.3) is 0 Å². The monoisotopic (exact) mass is 503 g/mol. The quantitative estimate of drug-likeness (QED) is 0.368. The van der Waals surface area contributed by atoms with Gasteiger partial charge in [-0.05, 0) is 72.8 Å². The number of amides is 3. The van der Waals surface area contributed by atoms with Gasteiger partial charge in [-0.15, -0.1) is 0 Å². The molecule has 2 N–H and O–H groups in total. The summed E-state index contributed by atoms with van der Waals surface area (Å²) in [5, 5.41) is 5.83. The first-order valence-electron chi connectivity index (χ1n) is 13.2. The van der Waals surface area contributed by atoms with E-state index in [0.717, 1.165) is 30.4 Å². The highest BCUT2D eigenvalue weighted by atomic mass is 16.6. The number of nitrogens with one attached hydrogen (secondary N) is 2. The second-order valence-corrected chi connectivity index (χ2v) is 12.0. The maximum Gasteiger partial charge on any atom is 0.408 e. The molecule has 0 fully saturated rings. The van der Waals surface area contributed by atoms with E-state index >= 15 is 0 Å². The van der Waals surface area contributed by atoms with Crippen LogP contribution in [-0.4, -0.2) is 46.5 Å². The van der Waals surface area contributed by atoms with E-state index in [1.165, 1.54) is 0 Å². The molecule has 0 aromatic heterocycles. The predicted molar refractivity (Wildman–Crippen MR) is 146 cm³/mol. The third-order valence-corrected chi connectivity index (χ3v) is 5.64. The van der Waals surface area contributed by atoms with E-state index < -0.39 is 29.3 Å². The van der Waals surface area contributed by atoms with Crippen LogP contribution in [0.5, 0.6) is 0 Å². The third kappa shape index (κ3) is 10.6. The molecule has 0 heterocycles. The fraction of sp³-hybridized carbons (Fsp3) is 0.690. The minimum absolute atomic E-state index is 0.136. The molecule has 1 aromatic carbocycles. The van der Waals surface area contributed by atoms with Crippen LogP contribution in [0, 0.1) is 12.8 Å². The molecule has 7 heteroatoms. The Balaban J connectivity index is 3.46. The summed E-state index contributed by atoms with van der Waals surface area (Å²) in [4.78, 5) is 42.1. The summed E-state index contributed by atoms with van der Waals surface area (Å²) in [5.74, 6) is -0.397. The fourth-order valence-corrected chi connectivity index (χ4v) is 4.01. The van der Waals surface area contributed by atoms with Gasteiger partial charge in [0, 0.05) is 12.1 Å². The van der Waals surface area contributed by atoms with Crippen molar-refractivity contribution in [2.75, 3.05) is 6.54 Å². The lowest BCUT2D eigenvalue weighted by Crippen LogP contribution is -2.58. The molecule has 0 saturated heterocycles. The second-order valence-electron chi connectivity index (χ2n) is 12.0. The van der Waals surface area contributed by atoms with Gasteiger partial charge in [-0.1, -0.05) is 63.4 Å². The highest BCUT2D eigenvalue weighted by Crippen LogP contribution is 2.31. The van der Waals surface area contributed by atoms with E-state index in [1.807, 2.05) is 65.8 Å². The van der Waals surface area contributed by atoms with Crippen molar-refractivity contribution in [3.05, 3.63) is 35.4 Å². The zero-order valence-corrected chi connectivity index (χ0v) is 24.2. The first kappa shape index (κ1) is 31.5. The van der Waals surface area contributed by atoms with E-state index in [2.05, 4.69) is 17.6 Å². The van der Waals surface area contributed by atoms with Crippen LogP contribution in [0.25, 0.3) is 0 Å². The van der Waals surface area contributed by atoms with Crippen molar-refractivity contribution in [1.29, 1.82) is 0 Å². The van der Waals surface area contributed by atoms with Crippen LogP contribution in [0.4, 0.5) is 4.79 Å². The topological polar surface area (TPSA) is 87.7 Å². The van der Waals surface area contributed by atoms with E-state index in [0.29, 0.717) is 13.0 Å². The molecule has 204 valence electrons. The van der Waals surface area contributed by atoms with Crippen LogP contribution in [0.2, 0.25) is 0 Å². The molecule has 1 aromatic rings. The van der Waals surface area contributed by atoms with Crippen molar-refractivity contribution >= 4 is 17.9 Å². The number of hydrogen-bond donors (Lipinski definition) is 2. The third-order valence-electron chi connectivity index (χ3n) is 5.64. The number of alkyl carbamates (subject to hydrolysis) is 1. The maximum atomic E-state index is 14.2. The van der Waals surface area contributed by atoms with Crippen LogP contribution >= 0.6 is 0 Å². The zero-order chi connectivity index (χ0) is 27.7. The lowest BCUT2D eigenvalue weighted by Gasteiger charge is -2.43. The number of aryl methyl sites for hydroxylation is 1. The Morgan fingerprint density at radius 1 is 0.972 bits per heavy atom. The van der Waals surface area contributed by atoms with Gasteiger partial charge in [-0.3, -0.25) is 9.59 Å². The molecular weight excluding hydrogens is 454 g/mol. The smallest absolute Gasteiger partial charge is 0.408 e. The molecule has 0 spiro atoms. The first-order valence-corrected chi connectivity index (χ1v) is 13.2. The van der Waals surface area contributed by atoms with E-state index in [9.17, 15) is 14.4 Å². The Bertz CT molecular complexity index is 851. The fourth-order valence-electron chi connectivity index (χ4n) is 4.01. The minimum Gasteiger partial charge on any atom is -0.444 e. The largest absolute Gasteiger partial charge is 0.444 e. The van der Waals surface area contributed by atoms with Crippen LogP contribution in [-0.2, 0) is 14.3 Å². The second kappa shape index (κ2) is 13.7. The van der Waals surface area contributed by atoms with Crippen molar-refractivity contribution in [3.8, 4) is 0 Å². The average molecular weight is 504 g/mol. The highest BCUT2D eigenvalue weighted by molar-refractivity contribution is 5.92. The predicted octanol–water partition coefficient (Wildman–Crippen LogP) is 5.91. The summed E-state index contributed by atoms with van der Waals surface area (Å²) in [5.41, 5.74) is 0.413. The number of nitrogens with zero attached hydrogens (tertiary/aromatic N) is 1. The van der Waals surface area contributed by atoms with Crippen molar-refractivity contribution in [2.45, 2.75) is 118 Å². The van der Waals surface area contributed by atoms with E-state index in [4.69, 9.17) is 4.74 Å². The lowest BCUT2D eigenvalue weighted by molar-refractivity contribution is -0.148. The summed E-state index contributed by atoms with van der Waals surface area (Å²) >= 11 is 0. The van der Waals surface area contributed by atoms with Gasteiger partial charge in [0.05, 0.1) is 0 Å². The molecule has 2 unspecified atom stereocenters. The van der Waals surface area contributed by atoms with Gasteiger partial charge in [-0.2, -0.15) is 0 Å². The molecule has 0 aliphatic carbocycles. The van der Waals surface area contributed by atoms with E-state index in [-0.39, 0.29) is 17.7 Å². The lowest BCUT2D eigenvalue weighted by atomic mass is 9.93. The molecule has 3 amide bonds. The number of ether oxygens (including phenoxy) is 1. The summed E-state index contributed by atoms with van der Waals surface area (Å²) in [7, 11) is 0. The summed E-state index contributed by atoms with van der Waals surface area (Å²) in [6.45, 7) is 19.7. The van der Waals surface area contributed by atoms with Crippen molar-refractivity contribution in [1.82, 2.24) is 15.5 Å². The zero-order valence-electron chi connectivity index (χ0n) is 24.2. The summed E-state index contributed by atoms with van der Waals surface area (Å²) in [6.07, 6.45) is 2.72. The molecule has 1 rings (SSSR count). The molecule has 0 aliphatic heterocycles. The highest BCUT2D eigenvalue weighted by Gasteiger charge is 2.41. The molecule has 0 saturated carbocycles. The van der Waals surface area contributed by atoms with Gasteiger partial charge in [-0.25, -0.2) is 4.79 Å². The van der Waals surface area contributed by atoms with Crippen LogP contribution < -0.4 is 10.6 Å². The minimum atomic E-state index is -0.838. The van der Waals surface area contributed by atoms with Crippen molar-refractivity contribution < 1.29 is 19.1 Å². The van der Waals surface area contributed by atoms with Gasteiger partial charge in [0.15, 0.2) is 0 Å². The van der Waals surface area contributed by atoms with E-state index in [1.54, 1.807) is 25.7 Å². The Labute approximate surface area is 218 Å². The number of unbranched alkanes of at least 4 members (excludes halogenated alkanes) is 2. The van der Waals surface area contributed by atoms with Gasteiger partial charge in [0.2, 0.25) is 11.8 Å². The molecular formula is C29H49N3O4. The number of carbonyl (C=O) groups excluding carboxylic acids is 3. The number of rotatable bonds is 11. The Hall–Kier alpha value is -2.57. The van der Waals surface area contributed by atoms with Gasteiger partial charge in [0.1, 0.15) is 17.7 Å². The van der Waals surface area contributed by atoms with Crippen LogP contribution in [0.15, 0.2) is 24.3 Å².